The molecular formula is C19H23BrN4O3S2. The van der Waals surface area contributed by atoms with Crippen LogP contribution in [0.25, 0.3) is 6.08 Å². The van der Waals surface area contributed by atoms with Crippen molar-refractivity contribution in [3.8, 4) is 0 Å². The molecular weight excluding hydrogens is 476 g/mol. The molecule has 0 unspecified atom stereocenters. The highest BCUT2D eigenvalue weighted by Gasteiger charge is 2.34. The molecule has 3 rings (SSSR count). The molecule has 2 fully saturated rings. The van der Waals surface area contributed by atoms with Crippen molar-refractivity contribution in [2.45, 2.75) is 0 Å². The van der Waals surface area contributed by atoms with Crippen molar-refractivity contribution in [3.63, 3.8) is 0 Å². The van der Waals surface area contributed by atoms with Crippen molar-refractivity contribution >= 4 is 62.2 Å². The van der Waals surface area contributed by atoms with Crippen LogP contribution in [0.3, 0.4) is 0 Å². The van der Waals surface area contributed by atoms with Crippen LogP contribution in [0, 0.1) is 0 Å². The first-order chi connectivity index (χ1) is 14.0. The first-order valence-corrected chi connectivity index (χ1v) is 11.4. The van der Waals surface area contributed by atoms with E-state index in [9.17, 15) is 9.59 Å². The van der Waals surface area contributed by atoms with Gasteiger partial charge in [-0.3, -0.25) is 19.4 Å². The zero-order valence-corrected chi connectivity index (χ0v) is 19.1. The number of morpholine rings is 1. The van der Waals surface area contributed by atoms with Gasteiger partial charge >= 0.3 is 0 Å². The van der Waals surface area contributed by atoms with Gasteiger partial charge in [0.1, 0.15) is 0 Å². The minimum absolute atomic E-state index is 0.260. The zero-order chi connectivity index (χ0) is 20.6. The number of carbonyl (C=O) groups is 2. The topological polar surface area (TPSA) is 73.9 Å². The van der Waals surface area contributed by atoms with Crippen LogP contribution in [0.5, 0.6) is 0 Å². The van der Waals surface area contributed by atoms with Gasteiger partial charge in [0.15, 0.2) is 5.11 Å². The number of thioether (sulfide) groups is 1. The highest BCUT2D eigenvalue weighted by atomic mass is 79.9. The third-order valence-corrected chi connectivity index (χ3v) is 6.15. The number of amides is 2. The Kier molecular flexibility index (Phi) is 8.49. The molecule has 2 aliphatic heterocycles. The number of hydrogen-bond donors (Lipinski definition) is 2. The van der Waals surface area contributed by atoms with Crippen LogP contribution in [0.15, 0.2) is 33.6 Å². The summed E-state index contributed by atoms with van der Waals surface area (Å²) in [6.07, 6.45) is 1.74. The van der Waals surface area contributed by atoms with Crippen LogP contribution >= 0.6 is 39.9 Å². The van der Waals surface area contributed by atoms with Gasteiger partial charge in [0.05, 0.1) is 18.1 Å². The van der Waals surface area contributed by atoms with E-state index in [1.807, 2.05) is 24.3 Å². The zero-order valence-electron chi connectivity index (χ0n) is 15.9. The van der Waals surface area contributed by atoms with Gasteiger partial charge < -0.3 is 15.4 Å². The Morgan fingerprint density at radius 3 is 2.66 bits per heavy atom. The monoisotopic (exact) mass is 498 g/mol. The lowest BCUT2D eigenvalue weighted by atomic mass is 10.2. The average Bonchev–Trinajstić information content (AvgIpc) is 2.96. The van der Waals surface area contributed by atoms with E-state index in [0.717, 1.165) is 61.2 Å². The Bertz CT molecular complexity index is 799. The Hall–Kier alpha value is -1.46. The molecule has 29 heavy (non-hydrogen) atoms. The van der Waals surface area contributed by atoms with Gasteiger partial charge in [0, 0.05) is 43.7 Å². The molecule has 2 saturated heterocycles. The molecule has 2 amide bonds. The Labute approximate surface area is 188 Å². The van der Waals surface area contributed by atoms with E-state index in [1.165, 1.54) is 4.90 Å². The molecule has 1 aromatic carbocycles. The van der Waals surface area contributed by atoms with Crippen LogP contribution in [-0.4, -0.2) is 78.5 Å². The largest absolute Gasteiger partial charge is 0.379 e. The quantitative estimate of drug-likeness (QED) is 0.438. The van der Waals surface area contributed by atoms with E-state index < -0.39 is 0 Å². The second kappa shape index (κ2) is 11.1. The molecule has 2 aliphatic rings. The fourth-order valence-electron chi connectivity index (χ4n) is 2.94. The normalized spacial score (nSPS) is 19.1. The molecule has 156 valence electrons. The van der Waals surface area contributed by atoms with Crippen LogP contribution in [0.2, 0.25) is 0 Å². The van der Waals surface area contributed by atoms with E-state index in [2.05, 4.69) is 31.5 Å². The molecule has 7 nitrogen and oxygen atoms in total. The van der Waals surface area contributed by atoms with Crippen LogP contribution < -0.4 is 10.6 Å². The molecule has 0 saturated carbocycles. The molecule has 2 N–H and O–H groups in total. The second-order valence-corrected chi connectivity index (χ2v) is 8.84. The second-order valence-electron chi connectivity index (χ2n) is 6.53. The van der Waals surface area contributed by atoms with Crippen molar-refractivity contribution < 1.29 is 14.3 Å². The van der Waals surface area contributed by atoms with Gasteiger partial charge in [-0.25, -0.2) is 0 Å². The number of thiocarbonyl (C=S) groups is 1. The predicted molar refractivity (Wildman–Crippen MR) is 123 cm³/mol. The van der Waals surface area contributed by atoms with E-state index in [4.69, 9.17) is 17.0 Å². The molecule has 2 heterocycles. The summed E-state index contributed by atoms with van der Waals surface area (Å²) >= 11 is 9.63. The lowest BCUT2D eigenvalue weighted by molar-refractivity contribution is -0.122. The average molecular weight is 499 g/mol. The summed E-state index contributed by atoms with van der Waals surface area (Å²) in [6, 6.07) is 7.58. The molecule has 1 aromatic rings. The predicted octanol–water partition coefficient (Wildman–Crippen LogP) is 2.28. The molecule has 0 radical (unpaired) electrons. The van der Waals surface area contributed by atoms with Crippen LogP contribution in [-0.2, 0) is 9.53 Å². The van der Waals surface area contributed by atoms with Gasteiger partial charge in [-0.05, 0) is 47.8 Å². The maximum Gasteiger partial charge on any atom is 0.293 e. The summed E-state index contributed by atoms with van der Waals surface area (Å²) in [4.78, 5) is 28.7. The van der Waals surface area contributed by atoms with E-state index in [1.54, 1.807) is 6.08 Å². The minimum Gasteiger partial charge on any atom is -0.379 e. The fraction of sp³-hybridized carbons (Fsp3) is 0.421. The number of rotatable bonds is 7. The summed E-state index contributed by atoms with van der Waals surface area (Å²) in [5.41, 5.74) is 0.869. The van der Waals surface area contributed by atoms with Gasteiger partial charge in [0.2, 0.25) is 0 Å². The van der Waals surface area contributed by atoms with E-state index in [0.29, 0.717) is 16.6 Å². The number of nitrogens with zero attached hydrogens (tertiary/aromatic N) is 2. The fourth-order valence-corrected chi connectivity index (χ4v) is 4.42. The Morgan fingerprint density at radius 2 is 1.93 bits per heavy atom. The molecule has 0 aromatic heterocycles. The molecule has 0 spiro atoms. The summed E-state index contributed by atoms with van der Waals surface area (Å²) in [5, 5.41) is 6.47. The highest BCUT2D eigenvalue weighted by Crippen LogP contribution is 2.32. The van der Waals surface area contributed by atoms with E-state index in [-0.39, 0.29) is 17.7 Å². The number of carbonyl (C=O) groups excluding carboxylic acids is 2. The Morgan fingerprint density at radius 1 is 1.21 bits per heavy atom. The third kappa shape index (κ3) is 6.78. The number of imide groups is 1. The van der Waals surface area contributed by atoms with Crippen LogP contribution in [0.4, 0.5) is 4.79 Å². The molecule has 0 aliphatic carbocycles. The van der Waals surface area contributed by atoms with Crippen molar-refractivity contribution in [3.05, 3.63) is 39.2 Å². The first-order valence-electron chi connectivity index (χ1n) is 9.35. The van der Waals surface area contributed by atoms with Gasteiger partial charge in [-0.15, -0.1) is 0 Å². The lowest BCUT2D eigenvalue weighted by Crippen LogP contribution is -2.45. The van der Waals surface area contributed by atoms with E-state index >= 15 is 0 Å². The number of halogens is 1. The maximum atomic E-state index is 12.5. The first kappa shape index (κ1) is 22.2. The SMILES string of the molecule is O=C1S/C(=C\c2cccc(Br)c2)C(=O)N1CCNC(=S)NCCN1CCOCC1. The summed E-state index contributed by atoms with van der Waals surface area (Å²) < 4.78 is 6.25. The van der Waals surface area contributed by atoms with Crippen molar-refractivity contribution in [1.82, 2.24) is 20.4 Å². The van der Waals surface area contributed by atoms with Gasteiger partial charge in [-0.2, -0.15) is 0 Å². The molecule has 0 bridgehead atoms. The maximum absolute atomic E-state index is 12.5. The number of nitrogens with one attached hydrogen (secondary N) is 2. The van der Waals surface area contributed by atoms with Gasteiger partial charge in [0.25, 0.3) is 11.1 Å². The summed E-state index contributed by atoms with van der Waals surface area (Å²) in [7, 11) is 0. The Balaban J connectivity index is 1.40. The number of benzene rings is 1. The van der Waals surface area contributed by atoms with Crippen LogP contribution in [0.1, 0.15) is 5.56 Å². The molecule has 10 heteroatoms. The summed E-state index contributed by atoms with van der Waals surface area (Å²) in [5.74, 6) is -0.270. The van der Waals surface area contributed by atoms with Crippen molar-refractivity contribution in [1.29, 1.82) is 0 Å². The lowest BCUT2D eigenvalue weighted by Gasteiger charge is -2.26. The highest BCUT2D eigenvalue weighted by molar-refractivity contribution is 9.10. The third-order valence-electron chi connectivity index (χ3n) is 4.46. The van der Waals surface area contributed by atoms with Crippen molar-refractivity contribution in [2.75, 3.05) is 52.5 Å². The standard InChI is InChI=1S/C19H23BrN4O3S2/c20-15-3-1-2-14(12-15)13-16-17(25)24(19(26)29-16)7-5-22-18(28)21-4-6-23-8-10-27-11-9-23/h1-3,12-13H,4-11H2,(H2,21,22,28)/b16-13-. The minimum atomic E-state index is -0.270. The smallest absolute Gasteiger partial charge is 0.293 e. The number of ether oxygens (including phenoxy) is 1. The number of hydrogen-bond acceptors (Lipinski definition) is 6. The molecule has 0 atom stereocenters. The van der Waals surface area contributed by atoms with Gasteiger partial charge in [-0.1, -0.05) is 28.1 Å². The van der Waals surface area contributed by atoms with Crippen molar-refractivity contribution in [2.24, 2.45) is 0 Å². The summed E-state index contributed by atoms with van der Waals surface area (Å²) in [6.45, 7) is 5.74.